The van der Waals surface area contributed by atoms with E-state index in [-0.39, 0.29) is 18.4 Å². The molecule has 16 heavy (non-hydrogen) atoms. The lowest BCUT2D eigenvalue weighted by Crippen LogP contribution is -2.54. The van der Waals surface area contributed by atoms with Crippen LogP contribution in [-0.2, 0) is 4.79 Å². The first-order chi connectivity index (χ1) is 7.27. The van der Waals surface area contributed by atoms with Crippen molar-refractivity contribution < 1.29 is 4.79 Å². The first kappa shape index (κ1) is 13.7. The van der Waals surface area contributed by atoms with Gasteiger partial charge in [0.1, 0.15) is 0 Å². The van der Waals surface area contributed by atoms with Crippen molar-refractivity contribution in [3.63, 3.8) is 0 Å². The van der Waals surface area contributed by atoms with Crippen molar-refractivity contribution in [2.45, 2.75) is 25.3 Å². The van der Waals surface area contributed by atoms with Crippen LogP contribution in [0.3, 0.4) is 0 Å². The number of halogens is 1. The van der Waals surface area contributed by atoms with Gasteiger partial charge in [-0.15, -0.1) is 12.4 Å². The third kappa shape index (κ3) is 3.34. The molecule has 4 nitrogen and oxygen atoms in total. The van der Waals surface area contributed by atoms with Gasteiger partial charge in [0.15, 0.2) is 0 Å². The van der Waals surface area contributed by atoms with Gasteiger partial charge >= 0.3 is 0 Å². The van der Waals surface area contributed by atoms with Crippen LogP contribution in [0.4, 0.5) is 0 Å². The Morgan fingerprint density at radius 3 is 2.44 bits per heavy atom. The predicted octanol–water partition coefficient (Wildman–Crippen LogP) is 0.324. The summed E-state index contributed by atoms with van der Waals surface area (Å²) in [5.74, 6) is 0.322. The summed E-state index contributed by atoms with van der Waals surface area (Å²) < 4.78 is 0. The van der Waals surface area contributed by atoms with Crippen LogP contribution in [0, 0.1) is 0 Å². The van der Waals surface area contributed by atoms with E-state index in [1.165, 1.54) is 12.8 Å². The number of hydrogen-bond acceptors (Lipinski definition) is 3. The Balaban J connectivity index is 0.00000128. The molecule has 0 aliphatic carbocycles. The average molecular weight is 248 g/mol. The number of piperidine rings is 1. The molecule has 0 aromatic rings. The van der Waals surface area contributed by atoms with Crippen LogP contribution in [-0.4, -0.2) is 61.5 Å². The largest absolute Gasteiger partial charge is 0.339 e. The second-order valence-electron chi connectivity index (χ2n) is 4.63. The monoisotopic (exact) mass is 247 g/mol. The summed E-state index contributed by atoms with van der Waals surface area (Å²) in [6, 6.07) is 0.0992. The molecule has 5 heteroatoms. The summed E-state index contributed by atoms with van der Waals surface area (Å²) in [7, 11) is 2.11. The maximum Gasteiger partial charge on any atom is 0.239 e. The second kappa shape index (κ2) is 6.42. The molecule has 2 aliphatic heterocycles. The van der Waals surface area contributed by atoms with Crippen LogP contribution < -0.4 is 5.32 Å². The van der Waals surface area contributed by atoms with Gasteiger partial charge in [-0.05, 0) is 26.4 Å². The van der Waals surface area contributed by atoms with E-state index in [1.807, 2.05) is 4.90 Å². The van der Waals surface area contributed by atoms with E-state index < -0.39 is 0 Å². The molecule has 1 N–H and O–H groups in total. The molecule has 1 amide bonds. The fourth-order valence-corrected chi connectivity index (χ4v) is 2.31. The number of rotatable bonds is 1. The number of piperazine rings is 1. The highest BCUT2D eigenvalue weighted by atomic mass is 35.5. The van der Waals surface area contributed by atoms with Gasteiger partial charge in [0.2, 0.25) is 5.91 Å². The standard InChI is InChI=1S/C11H21N3O.ClH/c1-13-6-8-14(9-7-13)11(15)10-4-2-3-5-12-10;/h10,12H,2-9H2,1H3;1H/t10-;/m0./s1. The minimum Gasteiger partial charge on any atom is -0.339 e. The first-order valence-electron chi connectivity index (χ1n) is 5.98. The van der Waals surface area contributed by atoms with Gasteiger partial charge in [0, 0.05) is 26.2 Å². The van der Waals surface area contributed by atoms with Crippen molar-refractivity contribution in [1.29, 1.82) is 0 Å². The summed E-state index contributed by atoms with van der Waals surface area (Å²) in [4.78, 5) is 16.4. The summed E-state index contributed by atoms with van der Waals surface area (Å²) in [6.45, 7) is 4.82. The maximum atomic E-state index is 12.1. The molecule has 0 bridgehead atoms. The Hall–Kier alpha value is -0.320. The Morgan fingerprint density at radius 1 is 1.19 bits per heavy atom. The third-order valence-electron chi connectivity index (χ3n) is 3.42. The predicted molar refractivity (Wildman–Crippen MR) is 67.0 cm³/mol. The zero-order valence-electron chi connectivity index (χ0n) is 9.95. The Labute approximate surface area is 104 Å². The van der Waals surface area contributed by atoms with E-state index in [0.717, 1.165) is 39.1 Å². The first-order valence-corrected chi connectivity index (χ1v) is 5.98. The minimum absolute atomic E-state index is 0. The van der Waals surface area contributed by atoms with Crippen molar-refractivity contribution in [3.8, 4) is 0 Å². The van der Waals surface area contributed by atoms with Crippen molar-refractivity contribution in [2.75, 3.05) is 39.8 Å². The number of amides is 1. The molecule has 2 saturated heterocycles. The van der Waals surface area contributed by atoms with Gasteiger partial charge in [0.05, 0.1) is 6.04 Å². The van der Waals surface area contributed by atoms with Gasteiger partial charge in [-0.25, -0.2) is 0 Å². The minimum atomic E-state index is 0. The van der Waals surface area contributed by atoms with E-state index in [4.69, 9.17) is 0 Å². The van der Waals surface area contributed by atoms with Crippen molar-refractivity contribution >= 4 is 18.3 Å². The smallest absolute Gasteiger partial charge is 0.239 e. The highest BCUT2D eigenvalue weighted by Gasteiger charge is 2.27. The number of carbonyl (C=O) groups is 1. The van der Waals surface area contributed by atoms with Crippen LogP contribution >= 0.6 is 12.4 Å². The summed E-state index contributed by atoms with van der Waals surface area (Å²) >= 11 is 0. The highest BCUT2D eigenvalue weighted by molar-refractivity contribution is 5.85. The van der Waals surface area contributed by atoms with E-state index in [9.17, 15) is 4.79 Å². The lowest BCUT2D eigenvalue weighted by atomic mass is 10.0. The van der Waals surface area contributed by atoms with Crippen LogP contribution in [0.2, 0.25) is 0 Å². The Morgan fingerprint density at radius 2 is 1.88 bits per heavy atom. The SMILES string of the molecule is CN1CCN(C(=O)[C@@H]2CCCCN2)CC1.Cl. The van der Waals surface area contributed by atoms with Crippen molar-refractivity contribution in [3.05, 3.63) is 0 Å². The van der Waals surface area contributed by atoms with Gasteiger partial charge in [-0.3, -0.25) is 4.79 Å². The van der Waals surface area contributed by atoms with Gasteiger partial charge < -0.3 is 15.1 Å². The quantitative estimate of drug-likeness (QED) is 0.725. The fourth-order valence-electron chi connectivity index (χ4n) is 2.31. The molecular weight excluding hydrogens is 226 g/mol. The van der Waals surface area contributed by atoms with Crippen LogP contribution in [0.15, 0.2) is 0 Å². The van der Waals surface area contributed by atoms with Crippen LogP contribution in [0.5, 0.6) is 0 Å². The van der Waals surface area contributed by atoms with Crippen LogP contribution in [0.1, 0.15) is 19.3 Å². The summed E-state index contributed by atoms with van der Waals surface area (Å²) in [6.07, 6.45) is 3.43. The Bertz CT molecular complexity index is 223. The zero-order chi connectivity index (χ0) is 10.7. The fraction of sp³-hybridized carbons (Fsp3) is 0.909. The molecule has 2 fully saturated rings. The Kier molecular flexibility index (Phi) is 5.52. The molecule has 2 heterocycles. The number of likely N-dealkylation sites (N-methyl/N-ethyl adjacent to an activating group) is 1. The molecule has 0 saturated carbocycles. The molecule has 2 rings (SSSR count). The highest BCUT2D eigenvalue weighted by Crippen LogP contribution is 2.11. The summed E-state index contributed by atoms with van der Waals surface area (Å²) in [5.41, 5.74) is 0. The third-order valence-corrected chi connectivity index (χ3v) is 3.42. The second-order valence-corrected chi connectivity index (χ2v) is 4.63. The topological polar surface area (TPSA) is 35.6 Å². The number of nitrogens with one attached hydrogen (secondary N) is 1. The zero-order valence-corrected chi connectivity index (χ0v) is 10.8. The molecule has 2 aliphatic rings. The normalized spacial score (nSPS) is 27.3. The lowest BCUT2D eigenvalue weighted by Gasteiger charge is -2.35. The van der Waals surface area contributed by atoms with Crippen molar-refractivity contribution in [2.24, 2.45) is 0 Å². The average Bonchev–Trinajstić information content (AvgIpc) is 2.30. The number of carbonyl (C=O) groups excluding carboxylic acids is 1. The van der Waals surface area contributed by atoms with E-state index >= 15 is 0 Å². The molecule has 0 aromatic carbocycles. The summed E-state index contributed by atoms with van der Waals surface area (Å²) in [5, 5.41) is 3.32. The van der Waals surface area contributed by atoms with Gasteiger partial charge in [0.25, 0.3) is 0 Å². The van der Waals surface area contributed by atoms with E-state index in [0.29, 0.717) is 5.91 Å². The van der Waals surface area contributed by atoms with Crippen LogP contribution in [0.25, 0.3) is 0 Å². The maximum absolute atomic E-state index is 12.1. The molecular formula is C11H22ClN3O. The number of hydrogen-bond donors (Lipinski definition) is 1. The number of nitrogens with zero attached hydrogens (tertiary/aromatic N) is 2. The molecule has 0 unspecified atom stereocenters. The molecule has 1 atom stereocenters. The van der Waals surface area contributed by atoms with Gasteiger partial charge in [-0.1, -0.05) is 6.42 Å². The van der Waals surface area contributed by atoms with E-state index in [2.05, 4.69) is 17.3 Å². The van der Waals surface area contributed by atoms with Gasteiger partial charge in [-0.2, -0.15) is 0 Å². The van der Waals surface area contributed by atoms with E-state index in [1.54, 1.807) is 0 Å². The van der Waals surface area contributed by atoms with Crippen molar-refractivity contribution in [1.82, 2.24) is 15.1 Å². The lowest BCUT2D eigenvalue weighted by molar-refractivity contribution is -0.135. The molecule has 0 aromatic heterocycles. The molecule has 0 radical (unpaired) electrons. The molecule has 0 spiro atoms. The molecule has 94 valence electrons.